The molecule has 38 heavy (non-hydrogen) atoms. The number of aromatic nitrogens is 2. The Bertz CT molecular complexity index is 1660. The highest BCUT2D eigenvalue weighted by Crippen LogP contribution is 2.32. The number of nitrogens with zero attached hydrogens (tertiary/aromatic N) is 2. The zero-order chi connectivity index (χ0) is 27.6. The van der Waals surface area contributed by atoms with E-state index >= 15 is 4.39 Å². The van der Waals surface area contributed by atoms with Gasteiger partial charge in [-0.05, 0) is 42.3 Å². The molecule has 0 aliphatic heterocycles. The van der Waals surface area contributed by atoms with Crippen LogP contribution in [0.3, 0.4) is 0 Å². The van der Waals surface area contributed by atoms with Crippen LogP contribution in [-0.2, 0) is 25.8 Å². The van der Waals surface area contributed by atoms with E-state index in [9.17, 15) is 22.2 Å². The Morgan fingerprint density at radius 3 is 2.55 bits per heavy atom. The van der Waals surface area contributed by atoms with Gasteiger partial charge in [0.2, 0.25) is 15.8 Å². The summed E-state index contributed by atoms with van der Waals surface area (Å²) in [6.45, 7) is 1.15. The smallest absolute Gasteiger partial charge is 0.318 e. The zero-order valence-electron chi connectivity index (χ0n) is 19.7. The number of carbonyl (C=O) groups is 1. The van der Waals surface area contributed by atoms with E-state index in [2.05, 4.69) is 4.98 Å². The van der Waals surface area contributed by atoms with Gasteiger partial charge in [0.15, 0.2) is 5.82 Å². The van der Waals surface area contributed by atoms with E-state index < -0.39 is 53.7 Å². The van der Waals surface area contributed by atoms with Crippen molar-refractivity contribution in [3.05, 3.63) is 82.6 Å². The highest BCUT2D eigenvalue weighted by atomic mass is 35.5. The topological polar surface area (TPSA) is 128 Å². The molecule has 0 aliphatic carbocycles. The van der Waals surface area contributed by atoms with Crippen LogP contribution >= 0.6 is 19.9 Å². The lowest BCUT2D eigenvalue weighted by atomic mass is 10.00. The first-order valence-electron chi connectivity index (χ1n) is 11.1. The van der Waals surface area contributed by atoms with Crippen LogP contribution in [0.4, 0.5) is 14.5 Å². The summed E-state index contributed by atoms with van der Waals surface area (Å²) < 4.78 is 73.7. The highest BCUT2D eigenvalue weighted by molar-refractivity contribution is 7.92. The number of rotatable bonds is 10. The van der Waals surface area contributed by atoms with Crippen molar-refractivity contribution < 1.29 is 36.0 Å². The van der Waals surface area contributed by atoms with Gasteiger partial charge in [-0.25, -0.2) is 22.2 Å². The molecule has 2 aromatic heterocycles. The average Bonchev–Trinajstić information content (AvgIpc) is 3.23. The van der Waals surface area contributed by atoms with Gasteiger partial charge in [0, 0.05) is 28.4 Å². The fourth-order valence-electron chi connectivity index (χ4n) is 3.84. The van der Waals surface area contributed by atoms with E-state index in [0.717, 1.165) is 12.1 Å². The first kappa shape index (κ1) is 27.9. The minimum atomic E-state index is -3.93. The van der Waals surface area contributed by atoms with Crippen molar-refractivity contribution in [2.24, 2.45) is 0 Å². The number of carbonyl (C=O) groups excluding carboxylic acids is 1. The third kappa shape index (κ3) is 5.95. The molecule has 2 heterocycles. The Morgan fingerprint density at radius 2 is 1.89 bits per heavy atom. The van der Waals surface area contributed by atoms with Crippen LogP contribution in [0.2, 0.25) is 5.02 Å². The molecule has 0 amide bonds. The lowest BCUT2D eigenvalue weighted by molar-refractivity contribution is 0.103. The van der Waals surface area contributed by atoms with E-state index in [4.69, 9.17) is 21.0 Å². The fourth-order valence-corrected chi connectivity index (χ4v) is 5.34. The van der Waals surface area contributed by atoms with Gasteiger partial charge in [-0.15, -0.1) is 0 Å². The molecule has 1 atom stereocenters. The monoisotopic (exact) mass is 583 g/mol. The SMILES string of the molecule is CCCS(=O)(=O)Nc1ccc(F)c(C(=O)c2cn(CO[PH](=O)O)c3ncc(-c4ccc(Cl)cc4)cc23)c1F. The Balaban J connectivity index is 1.86. The number of ketones is 1. The molecule has 2 N–H and O–H groups in total. The van der Waals surface area contributed by atoms with Crippen molar-refractivity contribution in [3.8, 4) is 11.1 Å². The lowest BCUT2D eigenvalue weighted by Gasteiger charge is -2.11. The molecule has 0 bridgehead atoms. The maximum absolute atomic E-state index is 15.4. The minimum absolute atomic E-state index is 0.148. The Morgan fingerprint density at radius 1 is 1.18 bits per heavy atom. The number of nitrogens with one attached hydrogen (secondary N) is 1. The largest absolute Gasteiger partial charge is 0.326 e. The van der Waals surface area contributed by atoms with E-state index in [0.29, 0.717) is 16.1 Å². The van der Waals surface area contributed by atoms with Crippen LogP contribution in [0.15, 0.2) is 54.9 Å². The maximum atomic E-state index is 15.4. The second-order valence-corrected chi connectivity index (χ2v) is 11.3. The number of pyridine rings is 1. The number of hydrogen-bond acceptors (Lipinski definition) is 6. The predicted molar refractivity (Wildman–Crippen MR) is 140 cm³/mol. The number of halogens is 3. The average molecular weight is 584 g/mol. The summed E-state index contributed by atoms with van der Waals surface area (Å²) in [4.78, 5) is 26.9. The molecule has 0 aliphatic rings. The standard InChI is InChI=1S/C24H21ClF2N3O6PS/c1-2-9-38(34,35)29-20-8-7-19(26)21(22(20)27)23(31)18-12-30(13-36-37(32)33)24-17(18)10-15(11-28-24)14-3-5-16(25)6-4-14/h3-8,10-12,29,37H,2,9,13H2,1H3,(H,32,33). The maximum Gasteiger partial charge on any atom is 0.318 e. The van der Waals surface area contributed by atoms with Gasteiger partial charge in [-0.1, -0.05) is 30.7 Å². The Labute approximate surface area is 222 Å². The number of sulfonamides is 1. The highest BCUT2D eigenvalue weighted by Gasteiger charge is 2.27. The molecule has 0 fully saturated rings. The van der Waals surface area contributed by atoms with E-state index in [1.165, 1.54) is 17.0 Å². The molecule has 0 saturated carbocycles. The number of anilines is 1. The van der Waals surface area contributed by atoms with Crippen molar-refractivity contribution in [2.45, 2.75) is 20.1 Å². The van der Waals surface area contributed by atoms with Gasteiger partial charge >= 0.3 is 8.25 Å². The third-order valence-corrected chi connectivity index (χ3v) is 7.62. The second-order valence-electron chi connectivity index (χ2n) is 8.19. The fraction of sp³-hybridized carbons (Fsp3) is 0.167. The third-order valence-electron chi connectivity index (χ3n) is 5.52. The molecular formula is C24H21ClF2N3O6PS. The molecule has 0 saturated heterocycles. The van der Waals surface area contributed by atoms with Gasteiger partial charge in [0.05, 0.1) is 22.6 Å². The summed E-state index contributed by atoms with van der Waals surface area (Å²) in [5.74, 6) is -3.97. The Hall–Kier alpha value is -3.15. The Kier molecular flexibility index (Phi) is 8.29. The molecule has 9 nitrogen and oxygen atoms in total. The van der Waals surface area contributed by atoms with Gasteiger partial charge in [0.25, 0.3) is 0 Å². The van der Waals surface area contributed by atoms with Crippen molar-refractivity contribution in [1.82, 2.24) is 9.55 Å². The summed E-state index contributed by atoms with van der Waals surface area (Å²) in [7, 11) is -7.27. The van der Waals surface area contributed by atoms with Gasteiger partial charge in [-0.3, -0.25) is 18.6 Å². The molecule has 4 aromatic rings. The summed E-state index contributed by atoms with van der Waals surface area (Å²) in [5, 5.41) is 0.681. The quantitative estimate of drug-likeness (QED) is 0.190. The van der Waals surface area contributed by atoms with E-state index in [1.807, 2.05) is 4.72 Å². The molecule has 1 unspecified atom stereocenters. The van der Waals surface area contributed by atoms with Gasteiger partial charge < -0.3 is 9.46 Å². The number of benzene rings is 2. The van der Waals surface area contributed by atoms with Crippen molar-refractivity contribution >= 4 is 52.4 Å². The van der Waals surface area contributed by atoms with Crippen molar-refractivity contribution in [3.63, 3.8) is 0 Å². The van der Waals surface area contributed by atoms with Crippen LogP contribution in [0, 0.1) is 11.6 Å². The summed E-state index contributed by atoms with van der Waals surface area (Å²) in [6.07, 6.45) is 2.94. The molecule has 14 heteroatoms. The summed E-state index contributed by atoms with van der Waals surface area (Å²) in [6, 6.07) is 10.00. The summed E-state index contributed by atoms with van der Waals surface area (Å²) in [5.41, 5.74) is -0.342. The molecule has 4 rings (SSSR count). The molecule has 0 radical (unpaired) electrons. The molecular weight excluding hydrogens is 563 g/mol. The number of fused-ring (bicyclic) bond motifs is 1. The van der Waals surface area contributed by atoms with Crippen LogP contribution in [0.1, 0.15) is 29.3 Å². The van der Waals surface area contributed by atoms with Crippen LogP contribution in [-0.4, -0.2) is 34.4 Å². The second kappa shape index (κ2) is 11.3. The molecule has 0 spiro atoms. The predicted octanol–water partition coefficient (Wildman–Crippen LogP) is 5.37. The van der Waals surface area contributed by atoms with Crippen molar-refractivity contribution in [1.29, 1.82) is 0 Å². The van der Waals surface area contributed by atoms with E-state index in [1.54, 1.807) is 37.3 Å². The van der Waals surface area contributed by atoms with Crippen LogP contribution in [0.5, 0.6) is 0 Å². The molecule has 200 valence electrons. The first-order chi connectivity index (χ1) is 18.0. The van der Waals surface area contributed by atoms with Gasteiger partial charge in [0.1, 0.15) is 18.2 Å². The minimum Gasteiger partial charge on any atom is -0.326 e. The van der Waals surface area contributed by atoms with Crippen LogP contribution < -0.4 is 4.72 Å². The number of hydrogen-bond donors (Lipinski definition) is 2. The first-order valence-corrected chi connectivity index (χ1v) is 14.4. The molecule has 2 aromatic carbocycles. The normalized spacial score (nSPS) is 12.6. The zero-order valence-corrected chi connectivity index (χ0v) is 22.3. The van der Waals surface area contributed by atoms with Gasteiger partial charge in [-0.2, -0.15) is 0 Å². The van der Waals surface area contributed by atoms with E-state index in [-0.39, 0.29) is 28.8 Å². The van der Waals surface area contributed by atoms with Crippen LogP contribution in [0.25, 0.3) is 22.2 Å². The lowest BCUT2D eigenvalue weighted by Crippen LogP contribution is -2.18. The van der Waals surface area contributed by atoms with Crippen molar-refractivity contribution in [2.75, 3.05) is 10.5 Å². The summed E-state index contributed by atoms with van der Waals surface area (Å²) >= 11 is 5.96.